The number of amides is 3. The minimum atomic E-state index is -1.03. The summed E-state index contributed by atoms with van der Waals surface area (Å²) in [5, 5.41) is 3.50. The molecule has 0 radical (unpaired) electrons. The summed E-state index contributed by atoms with van der Waals surface area (Å²) in [5.41, 5.74) is 1.08. The molecule has 2 aromatic rings. The van der Waals surface area contributed by atoms with Gasteiger partial charge < -0.3 is 5.32 Å². The molecule has 2 fully saturated rings. The summed E-state index contributed by atoms with van der Waals surface area (Å²) in [4.78, 5) is 29.6. The Morgan fingerprint density at radius 3 is 2.47 bits per heavy atom. The van der Waals surface area contributed by atoms with Crippen molar-refractivity contribution in [2.75, 3.05) is 19.8 Å². The Morgan fingerprint density at radius 1 is 1.07 bits per heavy atom. The van der Waals surface area contributed by atoms with Crippen LogP contribution in [0.2, 0.25) is 5.02 Å². The molecule has 0 aliphatic carbocycles. The first-order valence-corrected chi connectivity index (χ1v) is 11.1. The molecule has 0 saturated carbocycles. The molecule has 0 spiro atoms. The zero-order chi connectivity index (χ0) is 21.1. The number of hydrogen-bond donors (Lipinski definition) is 1. The van der Waals surface area contributed by atoms with Gasteiger partial charge in [-0.25, -0.2) is 9.69 Å². The lowest BCUT2D eigenvalue weighted by Gasteiger charge is -2.34. The summed E-state index contributed by atoms with van der Waals surface area (Å²) in [5.74, 6) is 0.455. The number of urea groups is 1. The van der Waals surface area contributed by atoms with E-state index in [0.717, 1.165) is 37.9 Å². The summed E-state index contributed by atoms with van der Waals surface area (Å²) in [6.07, 6.45) is 3.72. The standard InChI is InChI=1S/C24H28ClN3O2/c1-2-24(20-9-6-10-21(25)16-20)22(29)28(23(30)26-24)17-27-13-11-19(12-14-27)15-18-7-4-3-5-8-18/h3-10,16,19H,2,11-15,17H2,1H3,(H,26,30)/t24-/m0/s1. The maximum atomic E-state index is 13.3. The number of carbonyl (C=O) groups is 2. The zero-order valence-electron chi connectivity index (χ0n) is 17.3. The Kier molecular flexibility index (Phi) is 6.11. The van der Waals surface area contributed by atoms with E-state index in [1.165, 1.54) is 10.5 Å². The van der Waals surface area contributed by atoms with Gasteiger partial charge in [0, 0.05) is 18.1 Å². The SMILES string of the molecule is CC[C@@]1(c2cccc(Cl)c2)NC(=O)N(CN2CCC(Cc3ccccc3)CC2)C1=O. The molecular weight excluding hydrogens is 398 g/mol. The van der Waals surface area contributed by atoms with E-state index in [4.69, 9.17) is 11.6 Å². The molecule has 2 saturated heterocycles. The molecule has 3 amide bonds. The van der Waals surface area contributed by atoms with E-state index in [1.54, 1.807) is 12.1 Å². The van der Waals surface area contributed by atoms with Gasteiger partial charge in [-0.2, -0.15) is 0 Å². The summed E-state index contributed by atoms with van der Waals surface area (Å²) in [6.45, 7) is 4.04. The Bertz CT molecular complexity index is 912. The number of likely N-dealkylation sites (tertiary alicyclic amines) is 1. The van der Waals surface area contributed by atoms with Crippen molar-refractivity contribution in [2.24, 2.45) is 5.92 Å². The third-order valence-corrected chi connectivity index (χ3v) is 6.67. The van der Waals surface area contributed by atoms with Crippen LogP contribution in [0.15, 0.2) is 54.6 Å². The van der Waals surface area contributed by atoms with Crippen LogP contribution in [-0.4, -0.2) is 41.5 Å². The summed E-state index contributed by atoms with van der Waals surface area (Å²) >= 11 is 6.14. The van der Waals surface area contributed by atoms with Crippen molar-refractivity contribution in [2.45, 2.75) is 38.1 Å². The monoisotopic (exact) mass is 425 g/mol. The van der Waals surface area contributed by atoms with Gasteiger partial charge in [0.1, 0.15) is 5.54 Å². The smallest absolute Gasteiger partial charge is 0.319 e. The molecule has 1 atom stereocenters. The van der Waals surface area contributed by atoms with Gasteiger partial charge in [-0.15, -0.1) is 0 Å². The molecule has 6 heteroatoms. The number of hydrogen-bond acceptors (Lipinski definition) is 3. The van der Waals surface area contributed by atoms with Gasteiger partial charge in [0.2, 0.25) is 0 Å². The average molecular weight is 426 g/mol. The van der Waals surface area contributed by atoms with Crippen LogP contribution >= 0.6 is 11.6 Å². The molecule has 2 aromatic carbocycles. The topological polar surface area (TPSA) is 52.7 Å². The maximum absolute atomic E-state index is 13.3. The van der Waals surface area contributed by atoms with Crippen LogP contribution in [0.5, 0.6) is 0 Å². The molecule has 4 rings (SSSR count). The number of halogens is 1. The second-order valence-corrected chi connectivity index (χ2v) is 8.76. The van der Waals surface area contributed by atoms with Crippen LogP contribution in [0.1, 0.15) is 37.3 Å². The number of imide groups is 1. The van der Waals surface area contributed by atoms with Gasteiger partial charge in [0.05, 0.1) is 6.67 Å². The normalized spacial score (nSPS) is 23.1. The second kappa shape index (κ2) is 8.78. The van der Waals surface area contributed by atoms with Crippen molar-refractivity contribution >= 4 is 23.5 Å². The van der Waals surface area contributed by atoms with Crippen LogP contribution in [0.3, 0.4) is 0 Å². The van der Waals surface area contributed by atoms with Crippen molar-refractivity contribution in [3.8, 4) is 0 Å². The molecule has 1 N–H and O–H groups in total. The van der Waals surface area contributed by atoms with Crippen molar-refractivity contribution in [3.05, 3.63) is 70.7 Å². The lowest BCUT2D eigenvalue weighted by atomic mass is 9.87. The molecular formula is C24H28ClN3O2. The van der Waals surface area contributed by atoms with Crippen molar-refractivity contribution in [1.29, 1.82) is 0 Å². The Balaban J connectivity index is 1.39. The molecule has 5 nitrogen and oxygen atoms in total. The van der Waals surface area contributed by atoms with E-state index in [0.29, 0.717) is 24.0 Å². The van der Waals surface area contributed by atoms with Crippen molar-refractivity contribution in [1.82, 2.24) is 15.1 Å². The highest BCUT2D eigenvalue weighted by atomic mass is 35.5. The predicted molar refractivity (Wildman–Crippen MR) is 118 cm³/mol. The maximum Gasteiger partial charge on any atom is 0.326 e. The van der Waals surface area contributed by atoms with Gasteiger partial charge in [-0.3, -0.25) is 9.69 Å². The van der Waals surface area contributed by atoms with Crippen LogP contribution in [0.25, 0.3) is 0 Å². The fourth-order valence-corrected chi connectivity index (χ4v) is 4.82. The lowest BCUT2D eigenvalue weighted by molar-refractivity contribution is -0.133. The van der Waals surface area contributed by atoms with Gasteiger partial charge in [0.25, 0.3) is 5.91 Å². The van der Waals surface area contributed by atoms with Crippen LogP contribution in [0, 0.1) is 5.92 Å². The van der Waals surface area contributed by atoms with E-state index in [9.17, 15) is 9.59 Å². The third-order valence-electron chi connectivity index (χ3n) is 6.44. The molecule has 0 bridgehead atoms. The first kappa shape index (κ1) is 20.9. The average Bonchev–Trinajstić information content (AvgIpc) is 3.01. The molecule has 2 aliphatic rings. The van der Waals surface area contributed by atoms with Crippen LogP contribution in [-0.2, 0) is 16.8 Å². The molecule has 2 aliphatic heterocycles. The minimum absolute atomic E-state index is 0.191. The van der Waals surface area contributed by atoms with Gasteiger partial charge in [-0.05, 0) is 54.9 Å². The number of carbonyl (C=O) groups excluding carboxylic acids is 2. The Morgan fingerprint density at radius 2 is 1.80 bits per heavy atom. The number of nitrogens with zero attached hydrogens (tertiary/aromatic N) is 2. The van der Waals surface area contributed by atoms with E-state index >= 15 is 0 Å². The molecule has 30 heavy (non-hydrogen) atoms. The number of benzene rings is 2. The molecule has 0 unspecified atom stereocenters. The van der Waals surface area contributed by atoms with Gasteiger partial charge >= 0.3 is 6.03 Å². The predicted octanol–water partition coefficient (Wildman–Crippen LogP) is 4.41. The minimum Gasteiger partial charge on any atom is -0.319 e. The van der Waals surface area contributed by atoms with E-state index in [2.05, 4.69) is 34.5 Å². The van der Waals surface area contributed by atoms with E-state index in [1.807, 2.05) is 25.1 Å². The van der Waals surface area contributed by atoms with Gasteiger partial charge in [-0.1, -0.05) is 61.0 Å². The quantitative estimate of drug-likeness (QED) is 0.697. The Hall–Kier alpha value is -2.37. The number of piperidine rings is 1. The molecule has 158 valence electrons. The fraction of sp³-hybridized carbons (Fsp3) is 0.417. The first-order chi connectivity index (χ1) is 14.5. The molecule has 0 aromatic heterocycles. The van der Waals surface area contributed by atoms with Crippen LogP contribution in [0.4, 0.5) is 4.79 Å². The second-order valence-electron chi connectivity index (χ2n) is 8.33. The summed E-state index contributed by atoms with van der Waals surface area (Å²) in [6, 6.07) is 17.5. The Labute approximate surface area is 183 Å². The van der Waals surface area contributed by atoms with Crippen molar-refractivity contribution in [3.63, 3.8) is 0 Å². The summed E-state index contributed by atoms with van der Waals surface area (Å²) < 4.78 is 0. The largest absolute Gasteiger partial charge is 0.326 e. The first-order valence-electron chi connectivity index (χ1n) is 10.7. The van der Waals surface area contributed by atoms with E-state index in [-0.39, 0.29) is 11.9 Å². The third kappa shape index (κ3) is 4.09. The lowest BCUT2D eigenvalue weighted by Crippen LogP contribution is -2.47. The van der Waals surface area contributed by atoms with Crippen molar-refractivity contribution < 1.29 is 9.59 Å². The highest BCUT2D eigenvalue weighted by molar-refractivity contribution is 6.30. The van der Waals surface area contributed by atoms with Crippen LogP contribution < -0.4 is 5.32 Å². The summed E-state index contributed by atoms with van der Waals surface area (Å²) in [7, 11) is 0. The highest BCUT2D eigenvalue weighted by Gasteiger charge is 2.51. The zero-order valence-corrected chi connectivity index (χ0v) is 18.1. The highest BCUT2D eigenvalue weighted by Crippen LogP contribution is 2.34. The fourth-order valence-electron chi connectivity index (χ4n) is 4.63. The molecule has 2 heterocycles. The number of rotatable bonds is 6. The van der Waals surface area contributed by atoms with Gasteiger partial charge in [0.15, 0.2) is 0 Å². The van der Waals surface area contributed by atoms with E-state index < -0.39 is 5.54 Å². The number of nitrogens with one attached hydrogen (secondary N) is 1.